The molecule has 0 bridgehead atoms. The predicted octanol–water partition coefficient (Wildman–Crippen LogP) is 3.78. The first kappa shape index (κ1) is 22.8. The molecule has 1 fully saturated rings. The number of nitrogens with one attached hydrogen (secondary N) is 3. The number of hydrogen-bond donors (Lipinski definition) is 3. The zero-order valence-corrected chi connectivity index (χ0v) is 19.2. The Hall–Kier alpha value is -3.42. The summed E-state index contributed by atoms with van der Waals surface area (Å²) in [7, 11) is 0. The zero-order chi connectivity index (χ0) is 23.7. The van der Waals surface area contributed by atoms with E-state index in [1.54, 1.807) is 19.9 Å². The second-order valence-corrected chi connectivity index (χ2v) is 8.89. The van der Waals surface area contributed by atoms with Crippen molar-refractivity contribution in [3.05, 3.63) is 52.1 Å². The highest BCUT2D eigenvalue weighted by Crippen LogP contribution is 2.34. The topological polar surface area (TPSA) is 94.3 Å². The van der Waals surface area contributed by atoms with Crippen LogP contribution >= 0.6 is 0 Å². The van der Waals surface area contributed by atoms with Crippen LogP contribution in [0.1, 0.15) is 65.5 Å². The predicted molar refractivity (Wildman–Crippen MR) is 125 cm³/mol. The third-order valence-corrected chi connectivity index (χ3v) is 6.32. The van der Waals surface area contributed by atoms with Crippen molar-refractivity contribution in [3.8, 4) is 0 Å². The maximum atomic E-state index is 13.7. The minimum Gasteiger partial charge on any atom is -0.358 e. The van der Waals surface area contributed by atoms with Gasteiger partial charge in [0.05, 0.1) is 11.1 Å². The van der Waals surface area contributed by atoms with E-state index in [1.807, 2.05) is 11.8 Å². The number of fused-ring (bicyclic) bond motifs is 1. The molecule has 3 N–H and O–H groups in total. The van der Waals surface area contributed by atoms with Crippen LogP contribution in [0, 0.1) is 19.7 Å². The molecule has 3 heterocycles. The summed E-state index contributed by atoms with van der Waals surface area (Å²) in [6.45, 7) is 6.99. The van der Waals surface area contributed by atoms with E-state index in [2.05, 4.69) is 15.6 Å². The summed E-state index contributed by atoms with van der Waals surface area (Å²) in [6, 6.07) is 3.84. The van der Waals surface area contributed by atoms with Gasteiger partial charge in [-0.3, -0.25) is 14.4 Å². The molecule has 2 aliphatic heterocycles. The number of piperidine rings is 1. The smallest absolute Gasteiger partial charge is 0.256 e. The Morgan fingerprint density at radius 3 is 2.67 bits per heavy atom. The molecule has 7 nitrogen and oxygen atoms in total. The fourth-order valence-electron chi connectivity index (χ4n) is 4.59. The molecule has 0 spiro atoms. The number of rotatable bonds is 5. The summed E-state index contributed by atoms with van der Waals surface area (Å²) in [5.41, 5.74) is 3.81. The molecule has 33 heavy (non-hydrogen) atoms. The van der Waals surface area contributed by atoms with Crippen LogP contribution in [0.3, 0.4) is 0 Å². The average Bonchev–Trinajstić information content (AvgIpc) is 3.23. The largest absolute Gasteiger partial charge is 0.358 e. The number of aromatic nitrogens is 1. The number of H-pyrrole nitrogens is 1. The van der Waals surface area contributed by atoms with Gasteiger partial charge in [-0.1, -0.05) is 0 Å². The van der Waals surface area contributed by atoms with E-state index in [-0.39, 0.29) is 30.2 Å². The van der Waals surface area contributed by atoms with Crippen LogP contribution in [-0.4, -0.2) is 46.7 Å². The molecule has 0 radical (unpaired) electrons. The Labute approximate surface area is 192 Å². The average molecular weight is 453 g/mol. The molecule has 1 aromatic heterocycles. The molecule has 1 saturated heterocycles. The lowest BCUT2D eigenvalue weighted by molar-refractivity contribution is -0.132. The molecule has 0 aliphatic carbocycles. The van der Waals surface area contributed by atoms with Crippen LogP contribution in [0.4, 0.5) is 10.1 Å². The Kier molecular flexibility index (Phi) is 6.35. The van der Waals surface area contributed by atoms with E-state index in [9.17, 15) is 18.8 Å². The van der Waals surface area contributed by atoms with Gasteiger partial charge in [0.25, 0.3) is 11.8 Å². The minimum absolute atomic E-state index is 0.0635. The van der Waals surface area contributed by atoms with Crippen LogP contribution in [0.2, 0.25) is 0 Å². The molecule has 174 valence electrons. The highest BCUT2D eigenvalue weighted by Gasteiger charge is 2.27. The second kappa shape index (κ2) is 9.21. The number of aryl methyl sites for hydroxylation is 1. The number of hydrogen-bond acceptors (Lipinski definition) is 3. The van der Waals surface area contributed by atoms with Crippen molar-refractivity contribution in [2.45, 2.75) is 52.5 Å². The number of nitrogens with zero attached hydrogens (tertiary/aromatic N) is 1. The molecule has 2 aromatic rings. The van der Waals surface area contributed by atoms with Crippen molar-refractivity contribution in [2.24, 2.45) is 0 Å². The lowest BCUT2D eigenvalue weighted by Crippen LogP contribution is -2.41. The highest BCUT2D eigenvalue weighted by atomic mass is 19.1. The Bertz CT molecular complexity index is 1140. The summed E-state index contributed by atoms with van der Waals surface area (Å²) in [6.07, 6.45) is 5.11. The SMILES string of the molecule is Cc1[nH]c(/C=C2\C(=O)Nc3ccc(F)cc32)c(C)c1C(=O)NC(C)CC(=O)N1CCCCC1. The zero-order valence-electron chi connectivity index (χ0n) is 19.2. The van der Waals surface area contributed by atoms with Crippen molar-refractivity contribution in [1.29, 1.82) is 0 Å². The third-order valence-electron chi connectivity index (χ3n) is 6.32. The summed E-state index contributed by atoms with van der Waals surface area (Å²) < 4.78 is 13.7. The summed E-state index contributed by atoms with van der Waals surface area (Å²) in [5, 5.41) is 5.66. The van der Waals surface area contributed by atoms with Gasteiger partial charge in [-0.05, 0) is 69.9 Å². The van der Waals surface area contributed by atoms with Gasteiger partial charge in [-0.2, -0.15) is 0 Å². The summed E-state index contributed by atoms with van der Waals surface area (Å²) >= 11 is 0. The maximum absolute atomic E-state index is 13.7. The standard InChI is InChI=1S/C25H29FN4O3/c1-14(11-22(31)30-9-5-4-6-10-30)27-25(33)23-15(2)21(28-16(23)3)13-19-18-12-17(26)7-8-20(18)29-24(19)32/h7-8,12-14,28H,4-6,9-11H2,1-3H3,(H,27,33)(H,29,32)/b19-13-. The Balaban J connectivity index is 1.50. The minimum atomic E-state index is -0.427. The molecule has 1 aromatic carbocycles. The highest BCUT2D eigenvalue weighted by molar-refractivity contribution is 6.34. The van der Waals surface area contributed by atoms with Gasteiger partial charge in [-0.15, -0.1) is 0 Å². The number of aromatic amines is 1. The lowest BCUT2D eigenvalue weighted by atomic mass is 10.0. The molecule has 1 unspecified atom stereocenters. The van der Waals surface area contributed by atoms with E-state index >= 15 is 0 Å². The lowest BCUT2D eigenvalue weighted by Gasteiger charge is -2.28. The molecular weight excluding hydrogens is 423 g/mol. The summed E-state index contributed by atoms with van der Waals surface area (Å²) in [5.74, 6) is -0.956. The summed E-state index contributed by atoms with van der Waals surface area (Å²) in [4.78, 5) is 43.0. The molecule has 1 atom stereocenters. The quantitative estimate of drug-likeness (QED) is 0.603. The van der Waals surface area contributed by atoms with E-state index < -0.39 is 5.82 Å². The van der Waals surface area contributed by atoms with Gasteiger partial charge in [0.15, 0.2) is 0 Å². The second-order valence-electron chi connectivity index (χ2n) is 8.89. The van der Waals surface area contributed by atoms with Crippen molar-refractivity contribution in [3.63, 3.8) is 0 Å². The van der Waals surface area contributed by atoms with Crippen LogP contribution in [0.5, 0.6) is 0 Å². The number of amides is 3. The number of anilines is 1. The number of halogens is 1. The van der Waals surface area contributed by atoms with E-state index in [0.29, 0.717) is 39.3 Å². The monoisotopic (exact) mass is 452 g/mol. The normalized spacial score (nSPS) is 17.6. The van der Waals surface area contributed by atoms with Gasteiger partial charge in [0.1, 0.15) is 5.82 Å². The number of carbonyl (C=O) groups excluding carboxylic acids is 3. The van der Waals surface area contributed by atoms with Crippen LogP contribution in [0.15, 0.2) is 18.2 Å². The Morgan fingerprint density at radius 2 is 1.94 bits per heavy atom. The first-order chi connectivity index (χ1) is 15.7. The van der Waals surface area contributed by atoms with E-state index in [0.717, 1.165) is 32.4 Å². The molecule has 2 aliphatic rings. The molecule has 0 saturated carbocycles. The number of carbonyl (C=O) groups is 3. The van der Waals surface area contributed by atoms with Crippen molar-refractivity contribution < 1.29 is 18.8 Å². The fraction of sp³-hybridized carbons (Fsp3) is 0.400. The van der Waals surface area contributed by atoms with Gasteiger partial charge in [0, 0.05) is 48.2 Å². The van der Waals surface area contributed by atoms with Gasteiger partial charge in [0.2, 0.25) is 5.91 Å². The van der Waals surface area contributed by atoms with Gasteiger partial charge < -0.3 is 20.5 Å². The first-order valence-corrected chi connectivity index (χ1v) is 11.4. The number of benzene rings is 1. The van der Waals surface area contributed by atoms with Crippen molar-refractivity contribution in [1.82, 2.24) is 15.2 Å². The molecule has 3 amide bonds. The maximum Gasteiger partial charge on any atom is 0.256 e. The van der Waals surface area contributed by atoms with E-state index in [1.165, 1.54) is 18.2 Å². The van der Waals surface area contributed by atoms with Gasteiger partial charge >= 0.3 is 0 Å². The van der Waals surface area contributed by atoms with Crippen LogP contribution < -0.4 is 10.6 Å². The van der Waals surface area contributed by atoms with Crippen LogP contribution in [0.25, 0.3) is 11.6 Å². The van der Waals surface area contributed by atoms with Gasteiger partial charge in [-0.25, -0.2) is 4.39 Å². The van der Waals surface area contributed by atoms with Crippen molar-refractivity contribution in [2.75, 3.05) is 18.4 Å². The van der Waals surface area contributed by atoms with Crippen LogP contribution in [-0.2, 0) is 9.59 Å². The third kappa shape index (κ3) is 4.69. The first-order valence-electron chi connectivity index (χ1n) is 11.4. The van der Waals surface area contributed by atoms with E-state index in [4.69, 9.17) is 0 Å². The van der Waals surface area contributed by atoms with Crippen molar-refractivity contribution >= 4 is 35.1 Å². The Morgan fingerprint density at radius 1 is 1.21 bits per heavy atom. The molecular formula is C25H29FN4O3. The molecule has 4 rings (SSSR count). The number of likely N-dealkylation sites (tertiary alicyclic amines) is 1. The molecule has 8 heteroatoms. The fourth-order valence-corrected chi connectivity index (χ4v) is 4.59.